The summed E-state index contributed by atoms with van der Waals surface area (Å²) in [6.07, 6.45) is 1.24. The molecule has 8 heteroatoms. The lowest BCUT2D eigenvalue weighted by Gasteiger charge is -2.37. The summed E-state index contributed by atoms with van der Waals surface area (Å²) >= 11 is 6.11. The molecule has 0 spiro atoms. The number of methoxy groups -OCH3 is 1. The number of nitrogens with one attached hydrogen (secondary N) is 1. The molecule has 32 heavy (non-hydrogen) atoms. The second-order valence-corrected chi connectivity index (χ2v) is 9.01. The zero-order chi connectivity index (χ0) is 22.7. The predicted molar refractivity (Wildman–Crippen MR) is 125 cm³/mol. The van der Waals surface area contributed by atoms with Crippen LogP contribution in [-0.2, 0) is 11.2 Å². The van der Waals surface area contributed by atoms with Crippen LogP contribution >= 0.6 is 11.6 Å². The number of aryl methyl sites for hydroxylation is 1. The van der Waals surface area contributed by atoms with Crippen molar-refractivity contribution in [3.63, 3.8) is 0 Å². The Balaban J connectivity index is 1.31. The summed E-state index contributed by atoms with van der Waals surface area (Å²) in [4.78, 5) is 31.5. The number of carbonyl (C=O) groups is 2. The summed E-state index contributed by atoms with van der Waals surface area (Å²) in [5.74, 6) is 0.639. The molecule has 4 rings (SSSR count). The SMILES string of the molecule is COc1ccc(CC[C@@]2(C)NC(=O)N(CN3CCN(c4cccc(Cl)c4)CC3)C2=O)cc1. The lowest BCUT2D eigenvalue weighted by atomic mass is 9.93. The van der Waals surface area contributed by atoms with E-state index in [-0.39, 0.29) is 11.9 Å². The number of imide groups is 1. The topological polar surface area (TPSA) is 65.1 Å². The highest BCUT2D eigenvalue weighted by molar-refractivity contribution is 6.30. The second-order valence-electron chi connectivity index (χ2n) is 8.57. The molecule has 1 atom stereocenters. The molecule has 0 unspecified atom stereocenters. The number of carbonyl (C=O) groups excluding carboxylic acids is 2. The van der Waals surface area contributed by atoms with E-state index in [1.165, 1.54) is 4.90 Å². The normalized spacial score (nSPS) is 21.7. The summed E-state index contributed by atoms with van der Waals surface area (Å²) in [5.41, 5.74) is 1.31. The summed E-state index contributed by atoms with van der Waals surface area (Å²) in [6.45, 7) is 5.30. The number of benzene rings is 2. The molecule has 0 bridgehead atoms. The van der Waals surface area contributed by atoms with E-state index in [1.54, 1.807) is 7.11 Å². The van der Waals surface area contributed by atoms with Crippen LogP contribution in [0.1, 0.15) is 18.9 Å². The van der Waals surface area contributed by atoms with Gasteiger partial charge in [-0.2, -0.15) is 0 Å². The van der Waals surface area contributed by atoms with Crippen LogP contribution in [-0.4, -0.2) is 67.2 Å². The number of hydrogen-bond acceptors (Lipinski definition) is 5. The van der Waals surface area contributed by atoms with Gasteiger partial charge in [-0.15, -0.1) is 0 Å². The minimum Gasteiger partial charge on any atom is -0.497 e. The Bertz CT molecular complexity index is 975. The summed E-state index contributed by atoms with van der Waals surface area (Å²) in [6, 6.07) is 15.3. The zero-order valence-corrected chi connectivity index (χ0v) is 19.3. The minimum absolute atomic E-state index is 0.159. The van der Waals surface area contributed by atoms with E-state index in [1.807, 2.05) is 55.5 Å². The fourth-order valence-electron chi connectivity index (χ4n) is 4.25. The lowest BCUT2D eigenvalue weighted by molar-refractivity contribution is -0.132. The maximum atomic E-state index is 13.1. The average molecular weight is 457 g/mol. The first kappa shape index (κ1) is 22.4. The van der Waals surface area contributed by atoms with Crippen molar-refractivity contribution in [3.8, 4) is 5.75 Å². The quantitative estimate of drug-likeness (QED) is 0.647. The van der Waals surface area contributed by atoms with Gasteiger partial charge in [-0.1, -0.05) is 29.8 Å². The van der Waals surface area contributed by atoms with Crippen LogP contribution < -0.4 is 15.0 Å². The van der Waals surface area contributed by atoms with Gasteiger partial charge in [0.15, 0.2) is 0 Å². The molecule has 2 aliphatic heterocycles. The molecule has 2 heterocycles. The fourth-order valence-corrected chi connectivity index (χ4v) is 4.44. The van der Waals surface area contributed by atoms with Gasteiger partial charge in [0.2, 0.25) is 0 Å². The van der Waals surface area contributed by atoms with Crippen LogP contribution in [0, 0.1) is 0 Å². The van der Waals surface area contributed by atoms with Crippen LogP contribution in [0.15, 0.2) is 48.5 Å². The van der Waals surface area contributed by atoms with Crippen LogP contribution in [0.4, 0.5) is 10.5 Å². The van der Waals surface area contributed by atoms with Crippen molar-refractivity contribution >= 4 is 29.2 Å². The third-order valence-corrected chi connectivity index (χ3v) is 6.54. The Morgan fingerprint density at radius 1 is 1.06 bits per heavy atom. The Labute approximate surface area is 193 Å². The van der Waals surface area contributed by atoms with Gasteiger partial charge in [-0.3, -0.25) is 9.69 Å². The summed E-state index contributed by atoms with van der Waals surface area (Å²) in [5, 5.41) is 3.63. The standard InChI is InChI=1S/C24H29ClN4O3/c1-24(11-10-18-6-8-21(32-2)9-7-18)22(30)29(23(31)26-24)17-27-12-14-28(15-13-27)20-5-3-4-19(25)16-20/h3-9,16H,10-15,17H2,1-2H3,(H,26,31)/t24-/m1/s1. The van der Waals surface area contributed by atoms with Crippen molar-refractivity contribution in [3.05, 3.63) is 59.1 Å². The Morgan fingerprint density at radius 2 is 1.78 bits per heavy atom. The van der Waals surface area contributed by atoms with Gasteiger partial charge in [-0.05, 0) is 55.7 Å². The van der Waals surface area contributed by atoms with Gasteiger partial charge in [0, 0.05) is 36.9 Å². The van der Waals surface area contributed by atoms with Gasteiger partial charge in [0.1, 0.15) is 11.3 Å². The number of hydrogen-bond donors (Lipinski definition) is 1. The number of halogens is 1. The number of amides is 3. The molecule has 0 aliphatic carbocycles. The molecule has 7 nitrogen and oxygen atoms in total. The van der Waals surface area contributed by atoms with Gasteiger partial charge >= 0.3 is 6.03 Å². The van der Waals surface area contributed by atoms with Crippen LogP contribution in [0.2, 0.25) is 5.02 Å². The van der Waals surface area contributed by atoms with E-state index in [0.717, 1.165) is 48.2 Å². The van der Waals surface area contributed by atoms with E-state index >= 15 is 0 Å². The number of urea groups is 1. The summed E-state index contributed by atoms with van der Waals surface area (Å²) < 4.78 is 5.19. The van der Waals surface area contributed by atoms with Gasteiger partial charge < -0.3 is 15.0 Å². The maximum absolute atomic E-state index is 13.1. The van der Waals surface area contributed by atoms with Crippen LogP contribution in [0.3, 0.4) is 0 Å². The molecule has 170 valence electrons. The lowest BCUT2D eigenvalue weighted by Crippen LogP contribution is -2.52. The molecule has 2 aliphatic rings. The van der Waals surface area contributed by atoms with Crippen LogP contribution in [0.25, 0.3) is 0 Å². The van der Waals surface area contributed by atoms with E-state index in [2.05, 4.69) is 15.1 Å². The van der Waals surface area contributed by atoms with Gasteiger partial charge in [0.25, 0.3) is 5.91 Å². The highest BCUT2D eigenvalue weighted by atomic mass is 35.5. The predicted octanol–water partition coefficient (Wildman–Crippen LogP) is 3.37. The maximum Gasteiger partial charge on any atom is 0.326 e. The van der Waals surface area contributed by atoms with E-state index in [4.69, 9.17) is 16.3 Å². The highest BCUT2D eigenvalue weighted by Crippen LogP contribution is 2.25. The molecule has 1 N–H and O–H groups in total. The number of piperazine rings is 1. The first-order valence-electron chi connectivity index (χ1n) is 10.9. The first-order valence-corrected chi connectivity index (χ1v) is 11.3. The Kier molecular flexibility index (Phi) is 6.58. The van der Waals surface area contributed by atoms with Crippen molar-refractivity contribution in [1.29, 1.82) is 0 Å². The van der Waals surface area contributed by atoms with E-state index in [9.17, 15) is 9.59 Å². The smallest absolute Gasteiger partial charge is 0.326 e. The van der Waals surface area contributed by atoms with Gasteiger partial charge in [0.05, 0.1) is 13.8 Å². The average Bonchev–Trinajstić information content (AvgIpc) is 3.02. The Morgan fingerprint density at radius 3 is 2.44 bits per heavy atom. The third-order valence-electron chi connectivity index (χ3n) is 6.30. The fraction of sp³-hybridized carbons (Fsp3) is 0.417. The molecule has 0 saturated carbocycles. The van der Waals surface area contributed by atoms with Gasteiger partial charge in [-0.25, -0.2) is 9.69 Å². The largest absolute Gasteiger partial charge is 0.497 e. The molecule has 0 aromatic heterocycles. The Hall–Kier alpha value is -2.77. The molecule has 2 aromatic carbocycles. The van der Waals surface area contributed by atoms with Crippen molar-refractivity contribution in [2.45, 2.75) is 25.3 Å². The third kappa shape index (κ3) is 4.84. The number of anilines is 1. The minimum atomic E-state index is -0.889. The first-order chi connectivity index (χ1) is 15.4. The number of ether oxygens (including phenoxy) is 1. The van der Waals surface area contributed by atoms with E-state index in [0.29, 0.717) is 19.5 Å². The van der Waals surface area contributed by atoms with Crippen molar-refractivity contribution < 1.29 is 14.3 Å². The molecule has 2 aromatic rings. The monoisotopic (exact) mass is 456 g/mol. The molecule has 2 saturated heterocycles. The number of rotatable bonds is 7. The molecular formula is C24H29ClN4O3. The zero-order valence-electron chi connectivity index (χ0n) is 18.5. The number of nitrogens with zero attached hydrogens (tertiary/aromatic N) is 3. The second kappa shape index (κ2) is 9.38. The molecule has 2 fully saturated rings. The van der Waals surface area contributed by atoms with Crippen molar-refractivity contribution in [2.24, 2.45) is 0 Å². The van der Waals surface area contributed by atoms with Crippen LogP contribution in [0.5, 0.6) is 5.75 Å². The molecule has 0 radical (unpaired) electrons. The molecular weight excluding hydrogens is 428 g/mol. The molecule has 3 amide bonds. The highest BCUT2D eigenvalue weighted by Gasteiger charge is 2.47. The van der Waals surface area contributed by atoms with Crippen molar-refractivity contribution in [1.82, 2.24) is 15.1 Å². The van der Waals surface area contributed by atoms with E-state index < -0.39 is 5.54 Å². The van der Waals surface area contributed by atoms with Crippen molar-refractivity contribution in [2.75, 3.05) is 44.9 Å². The summed E-state index contributed by atoms with van der Waals surface area (Å²) in [7, 11) is 1.63.